The van der Waals surface area contributed by atoms with E-state index in [4.69, 9.17) is 16.9 Å². The summed E-state index contributed by atoms with van der Waals surface area (Å²) in [5.74, 6) is -4.70. The van der Waals surface area contributed by atoms with Crippen molar-refractivity contribution in [1.82, 2.24) is 4.57 Å². The summed E-state index contributed by atoms with van der Waals surface area (Å²) in [6, 6.07) is 5.04. The van der Waals surface area contributed by atoms with Crippen molar-refractivity contribution in [3.8, 4) is 6.07 Å². The number of nitrogens with zero attached hydrogens (tertiary/aromatic N) is 2. The van der Waals surface area contributed by atoms with Gasteiger partial charge in [-0.1, -0.05) is 24.9 Å². The van der Waals surface area contributed by atoms with Crippen LogP contribution in [0.15, 0.2) is 18.2 Å². The Hall–Kier alpha value is -3.19. The molecule has 2 aromatic rings. The van der Waals surface area contributed by atoms with Crippen LogP contribution in [0, 0.1) is 30.0 Å². The summed E-state index contributed by atoms with van der Waals surface area (Å²) < 4.78 is 52.4. The SMILES string of the molecule is Cc1c(C(=O)Nc2ccc(F)c(C#N)c2)c(Cl)n(C)c1C(=O)C(=O)CCCC[C@H](C)C(F)(F)F. The third-order valence-corrected chi connectivity index (χ3v) is 5.90. The van der Waals surface area contributed by atoms with Crippen molar-refractivity contribution < 1.29 is 31.9 Å². The molecule has 1 aromatic carbocycles. The fourth-order valence-corrected chi connectivity index (χ4v) is 3.72. The van der Waals surface area contributed by atoms with Crippen LogP contribution in [-0.4, -0.2) is 28.2 Å². The van der Waals surface area contributed by atoms with Crippen molar-refractivity contribution in [1.29, 1.82) is 5.26 Å². The Kier molecular flexibility index (Phi) is 8.61. The lowest BCUT2D eigenvalue weighted by Crippen LogP contribution is -2.20. The van der Waals surface area contributed by atoms with E-state index in [1.165, 1.54) is 24.6 Å². The quantitative estimate of drug-likeness (QED) is 0.205. The molecule has 0 saturated carbocycles. The molecule has 0 unspecified atom stereocenters. The standard InChI is InChI=1S/C23H22ClF4N3O3/c1-12(23(26,27)28)6-4-5-7-17(32)20(33)19-13(2)18(21(24)31(19)3)22(34)30-15-8-9-16(25)14(10-15)11-29/h8-10,12H,4-7H2,1-3H3,(H,30,34)/t12-/m0/s1. The van der Waals surface area contributed by atoms with E-state index in [1.807, 2.05) is 0 Å². The summed E-state index contributed by atoms with van der Waals surface area (Å²) in [5.41, 5.74) is -0.210. The first kappa shape index (κ1) is 27.1. The number of carbonyl (C=O) groups excluding carboxylic acids is 3. The van der Waals surface area contributed by atoms with Gasteiger partial charge in [0, 0.05) is 19.2 Å². The number of unbranched alkanes of at least 4 members (excludes halogenated alkanes) is 1. The minimum absolute atomic E-state index is 0.0813. The van der Waals surface area contributed by atoms with Crippen molar-refractivity contribution in [2.24, 2.45) is 13.0 Å². The number of alkyl halides is 3. The van der Waals surface area contributed by atoms with E-state index in [-0.39, 0.29) is 58.9 Å². The molecule has 2 rings (SSSR count). The number of rotatable bonds is 9. The van der Waals surface area contributed by atoms with E-state index in [9.17, 15) is 31.9 Å². The number of benzene rings is 1. The number of carbonyl (C=O) groups is 3. The summed E-state index contributed by atoms with van der Waals surface area (Å²) >= 11 is 6.24. The van der Waals surface area contributed by atoms with Gasteiger partial charge in [0.15, 0.2) is 0 Å². The number of halogens is 5. The second-order valence-electron chi connectivity index (χ2n) is 7.90. The van der Waals surface area contributed by atoms with E-state index in [0.717, 1.165) is 19.1 Å². The van der Waals surface area contributed by atoms with Gasteiger partial charge in [0.25, 0.3) is 5.91 Å². The Balaban J connectivity index is 2.14. The van der Waals surface area contributed by atoms with Gasteiger partial charge in [-0.15, -0.1) is 0 Å². The zero-order valence-electron chi connectivity index (χ0n) is 18.6. The Morgan fingerprint density at radius 1 is 1.24 bits per heavy atom. The second kappa shape index (κ2) is 10.8. The van der Waals surface area contributed by atoms with Crippen molar-refractivity contribution in [3.05, 3.63) is 51.6 Å². The van der Waals surface area contributed by atoms with E-state index in [2.05, 4.69) is 5.32 Å². The molecule has 1 heterocycles. The number of nitrogens with one attached hydrogen (secondary N) is 1. The van der Waals surface area contributed by atoms with Crippen LogP contribution < -0.4 is 5.32 Å². The number of hydrogen-bond acceptors (Lipinski definition) is 4. The minimum Gasteiger partial charge on any atom is -0.331 e. The monoisotopic (exact) mass is 499 g/mol. The molecule has 0 aliphatic rings. The number of amides is 1. The first-order valence-corrected chi connectivity index (χ1v) is 10.7. The molecule has 34 heavy (non-hydrogen) atoms. The Morgan fingerprint density at radius 2 is 1.88 bits per heavy atom. The minimum atomic E-state index is -4.31. The molecule has 1 amide bonds. The molecule has 1 aromatic heterocycles. The average Bonchev–Trinajstić information content (AvgIpc) is 2.99. The topological polar surface area (TPSA) is 92.0 Å². The van der Waals surface area contributed by atoms with E-state index in [1.54, 1.807) is 6.07 Å². The summed E-state index contributed by atoms with van der Waals surface area (Å²) in [5, 5.41) is 11.3. The second-order valence-corrected chi connectivity index (χ2v) is 8.26. The van der Waals surface area contributed by atoms with Crippen LogP contribution >= 0.6 is 11.6 Å². The lowest BCUT2D eigenvalue weighted by atomic mass is 9.99. The molecule has 0 aliphatic carbocycles. The third-order valence-electron chi connectivity index (χ3n) is 5.46. The number of aromatic nitrogens is 1. The van der Waals surface area contributed by atoms with Gasteiger partial charge >= 0.3 is 6.18 Å². The molecule has 6 nitrogen and oxygen atoms in total. The molecule has 1 atom stereocenters. The molecule has 0 saturated heterocycles. The van der Waals surface area contributed by atoms with Crippen molar-refractivity contribution >= 4 is 34.8 Å². The number of ketones is 2. The average molecular weight is 500 g/mol. The van der Waals surface area contributed by atoms with Crippen molar-refractivity contribution in [3.63, 3.8) is 0 Å². The largest absolute Gasteiger partial charge is 0.391 e. The van der Waals surface area contributed by atoms with Crippen LogP contribution in [0.4, 0.5) is 23.2 Å². The predicted octanol–water partition coefficient (Wildman–Crippen LogP) is 5.76. The van der Waals surface area contributed by atoms with Gasteiger partial charge in [-0.2, -0.15) is 18.4 Å². The predicted molar refractivity (Wildman–Crippen MR) is 117 cm³/mol. The van der Waals surface area contributed by atoms with Gasteiger partial charge in [-0.05, 0) is 43.5 Å². The van der Waals surface area contributed by atoms with Crippen molar-refractivity contribution in [2.75, 3.05) is 5.32 Å². The van der Waals surface area contributed by atoms with Gasteiger partial charge in [-0.25, -0.2) is 4.39 Å². The smallest absolute Gasteiger partial charge is 0.331 e. The van der Waals surface area contributed by atoms with E-state index < -0.39 is 35.4 Å². The molecular weight excluding hydrogens is 478 g/mol. The third kappa shape index (κ3) is 6.03. The van der Waals surface area contributed by atoms with Crippen molar-refractivity contribution in [2.45, 2.75) is 45.7 Å². The summed E-state index contributed by atoms with van der Waals surface area (Å²) in [6.07, 6.45) is -4.46. The first-order chi connectivity index (χ1) is 15.8. The fraction of sp³-hybridized carbons (Fsp3) is 0.391. The van der Waals surface area contributed by atoms with Crippen LogP contribution in [0.5, 0.6) is 0 Å². The molecule has 0 aliphatic heterocycles. The number of nitriles is 1. The van der Waals surface area contributed by atoms with Gasteiger partial charge in [0.1, 0.15) is 17.0 Å². The number of Topliss-reactive ketones (excluding diaryl/α,β-unsaturated/α-hetero) is 2. The van der Waals surface area contributed by atoms with Crippen LogP contribution in [0.3, 0.4) is 0 Å². The molecule has 0 fully saturated rings. The maximum atomic E-state index is 13.5. The number of anilines is 1. The zero-order valence-corrected chi connectivity index (χ0v) is 19.4. The summed E-state index contributed by atoms with van der Waals surface area (Å²) in [7, 11) is 1.39. The molecule has 0 bridgehead atoms. The van der Waals surface area contributed by atoms with E-state index >= 15 is 0 Å². The van der Waals surface area contributed by atoms with Gasteiger partial charge in [0.2, 0.25) is 11.6 Å². The zero-order chi connectivity index (χ0) is 25.8. The highest BCUT2D eigenvalue weighted by Gasteiger charge is 2.35. The fourth-order valence-electron chi connectivity index (χ4n) is 3.40. The highest BCUT2D eigenvalue weighted by atomic mass is 35.5. The van der Waals surface area contributed by atoms with Gasteiger partial charge in [-0.3, -0.25) is 14.4 Å². The molecule has 182 valence electrons. The van der Waals surface area contributed by atoms with Crippen LogP contribution in [0.2, 0.25) is 5.15 Å². The maximum Gasteiger partial charge on any atom is 0.391 e. The lowest BCUT2D eigenvalue weighted by Gasteiger charge is -2.14. The molecule has 1 N–H and O–H groups in total. The molecular formula is C23H22ClF4N3O3. The van der Waals surface area contributed by atoms with Gasteiger partial charge < -0.3 is 9.88 Å². The summed E-state index contributed by atoms with van der Waals surface area (Å²) in [4.78, 5) is 37.9. The maximum absolute atomic E-state index is 13.5. The van der Waals surface area contributed by atoms with E-state index in [0.29, 0.717) is 0 Å². The van der Waals surface area contributed by atoms with Crippen LogP contribution in [0.1, 0.15) is 64.6 Å². The van der Waals surface area contributed by atoms with Crippen LogP contribution in [0.25, 0.3) is 0 Å². The number of hydrogen-bond donors (Lipinski definition) is 1. The molecule has 0 radical (unpaired) electrons. The molecule has 0 spiro atoms. The Morgan fingerprint density at radius 3 is 2.47 bits per heavy atom. The van der Waals surface area contributed by atoms with Crippen LogP contribution in [-0.2, 0) is 11.8 Å². The Bertz CT molecular complexity index is 1170. The molecule has 11 heteroatoms. The lowest BCUT2D eigenvalue weighted by molar-refractivity contribution is -0.171. The van der Waals surface area contributed by atoms with Gasteiger partial charge in [0.05, 0.1) is 22.7 Å². The normalized spacial score (nSPS) is 12.2. The first-order valence-electron chi connectivity index (χ1n) is 10.3. The Labute approximate surface area is 198 Å². The highest BCUT2D eigenvalue weighted by Crippen LogP contribution is 2.30. The highest BCUT2D eigenvalue weighted by molar-refractivity contribution is 6.44. The summed E-state index contributed by atoms with van der Waals surface area (Å²) in [6.45, 7) is 2.49.